The molecule has 0 radical (unpaired) electrons. The Balaban J connectivity index is 1.76. The molecule has 1 aromatic heterocycles. The van der Waals surface area contributed by atoms with Crippen LogP contribution in [0.3, 0.4) is 0 Å². The number of hydrogen-bond acceptors (Lipinski definition) is 5. The molecule has 1 heterocycles. The number of likely N-dealkylation sites (N-methyl/N-ethyl adjacent to an activating group) is 1. The van der Waals surface area contributed by atoms with Crippen LogP contribution in [0.15, 0.2) is 63.5 Å². The predicted molar refractivity (Wildman–Crippen MR) is 149 cm³/mol. The van der Waals surface area contributed by atoms with Crippen molar-refractivity contribution in [2.24, 2.45) is 0 Å². The maximum atomic E-state index is 13.0. The fourth-order valence-electron chi connectivity index (χ4n) is 4.27. The summed E-state index contributed by atoms with van der Waals surface area (Å²) >= 11 is 13.1. The second kappa shape index (κ2) is 11.8. The average Bonchev–Trinajstić information content (AvgIpc) is 2.91. The second-order valence-electron chi connectivity index (χ2n) is 9.02. The Morgan fingerprint density at radius 1 is 1.13 bits per heavy atom. The van der Waals surface area contributed by atoms with Crippen LogP contribution in [-0.4, -0.2) is 27.7 Å². The van der Waals surface area contributed by atoms with E-state index in [2.05, 4.69) is 27.5 Å². The Kier molecular flexibility index (Phi) is 8.54. The standard InChI is InChI=1S/C28H28Cl2N4O4/c1-4-16(2)24(14-21(27(36)31-3)19-10-9-17-7-5-6-8-18(17)11-19)38-26-22(29)12-20(13-23(26)30)34-28(37)33-25(35)15-32-34/h9-15H,4-8H2,1-3H3,(H,31,36)(H,33,35,37)/b21-14-,24-16-. The van der Waals surface area contributed by atoms with Crippen LogP contribution in [0.4, 0.5) is 0 Å². The summed E-state index contributed by atoms with van der Waals surface area (Å²) in [4.78, 5) is 38.7. The number of carbonyl (C=O) groups excluding carboxylic acids is 1. The Hall–Kier alpha value is -3.62. The van der Waals surface area contributed by atoms with Gasteiger partial charge in [0, 0.05) is 7.05 Å². The van der Waals surface area contributed by atoms with Gasteiger partial charge in [0.1, 0.15) is 12.0 Å². The molecule has 1 amide bonds. The molecule has 198 valence electrons. The monoisotopic (exact) mass is 554 g/mol. The molecule has 0 atom stereocenters. The van der Waals surface area contributed by atoms with Gasteiger partial charge in [-0.2, -0.15) is 9.78 Å². The average molecular weight is 555 g/mol. The van der Waals surface area contributed by atoms with Crippen molar-refractivity contribution >= 4 is 34.7 Å². The third-order valence-electron chi connectivity index (χ3n) is 6.51. The molecule has 2 N–H and O–H groups in total. The van der Waals surface area contributed by atoms with Crippen molar-refractivity contribution in [2.75, 3.05) is 7.05 Å². The van der Waals surface area contributed by atoms with Crippen LogP contribution in [-0.2, 0) is 17.6 Å². The van der Waals surface area contributed by atoms with Gasteiger partial charge < -0.3 is 10.1 Å². The summed E-state index contributed by atoms with van der Waals surface area (Å²) in [6.45, 7) is 3.88. The Morgan fingerprint density at radius 3 is 2.45 bits per heavy atom. The highest BCUT2D eigenvalue weighted by Gasteiger charge is 2.19. The lowest BCUT2D eigenvalue weighted by atomic mass is 9.88. The highest BCUT2D eigenvalue weighted by atomic mass is 35.5. The van der Waals surface area contributed by atoms with Gasteiger partial charge in [0.15, 0.2) is 5.75 Å². The number of nitrogens with zero attached hydrogens (tertiary/aromatic N) is 2. The van der Waals surface area contributed by atoms with E-state index < -0.39 is 11.2 Å². The fourth-order valence-corrected chi connectivity index (χ4v) is 4.83. The smallest absolute Gasteiger partial charge is 0.349 e. The number of ether oxygens (including phenoxy) is 1. The number of halogens is 2. The first-order valence-corrected chi connectivity index (χ1v) is 13.1. The van der Waals surface area contributed by atoms with Crippen LogP contribution in [0.25, 0.3) is 11.3 Å². The molecule has 2 aromatic carbocycles. The molecule has 38 heavy (non-hydrogen) atoms. The van der Waals surface area contributed by atoms with Crippen molar-refractivity contribution in [1.82, 2.24) is 20.1 Å². The highest BCUT2D eigenvalue weighted by Crippen LogP contribution is 2.37. The summed E-state index contributed by atoms with van der Waals surface area (Å²) in [5.41, 5.74) is 3.61. The summed E-state index contributed by atoms with van der Waals surface area (Å²) in [7, 11) is 1.59. The first-order chi connectivity index (χ1) is 18.2. The minimum atomic E-state index is -0.732. The highest BCUT2D eigenvalue weighted by molar-refractivity contribution is 6.37. The number of fused-ring (bicyclic) bond motifs is 1. The van der Waals surface area contributed by atoms with Crippen molar-refractivity contribution in [3.63, 3.8) is 0 Å². The van der Waals surface area contributed by atoms with E-state index >= 15 is 0 Å². The minimum absolute atomic E-state index is 0.123. The molecule has 1 aliphatic rings. The lowest BCUT2D eigenvalue weighted by molar-refractivity contribution is -0.115. The lowest BCUT2D eigenvalue weighted by Gasteiger charge is -2.18. The zero-order valence-electron chi connectivity index (χ0n) is 21.4. The van der Waals surface area contributed by atoms with Crippen LogP contribution in [0.2, 0.25) is 10.0 Å². The van der Waals surface area contributed by atoms with Gasteiger partial charge in [0.05, 0.1) is 21.3 Å². The third kappa shape index (κ3) is 5.92. The second-order valence-corrected chi connectivity index (χ2v) is 9.83. The number of amides is 1. The molecule has 0 unspecified atom stereocenters. The summed E-state index contributed by atoms with van der Waals surface area (Å²) < 4.78 is 7.19. The number of H-pyrrole nitrogens is 1. The van der Waals surface area contributed by atoms with E-state index in [4.69, 9.17) is 27.9 Å². The first-order valence-electron chi connectivity index (χ1n) is 12.3. The Bertz CT molecular complexity index is 1550. The molecule has 3 aromatic rings. The van der Waals surface area contributed by atoms with E-state index in [1.54, 1.807) is 13.1 Å². The van der Waals surface area contributed by atoms with Crippen LogP contribution in [0.5, 0.6) is 5.75 Å². The summed E-state index contributed by atoms with van der Waals surface area (Å²) in [5.74, 6) is 0.344. The molecule has 1 aliphatic carbocycles. The van der Waals surface area contributed by atoms with Gasteiger partial charge in [0.2, 0.25) is 0 Å². The minimum Gasteiger partial charge on any atom is -0.454 e. The molecule has 4 rings (SSSR count). The molecule has 10 heteroatoms. The van der Waals surface area contributed by atoms with Crippen molar-refractivity contribution in [3.8, 4) is 11.4 Å². The summed E-state index contributed by atoms with van der Waals surface area (Å²) in [6, 6.07) is 9.06. The maximum absolute atomic E-state index is 13.0. The Labute approximate surface area is 229 Å². The van der Waals surface area contributed by atoms with E-state index in [9.17, 15) is 14.4 Å². The number of aromatic amines is 1. The van der Waals surface area contributed by atoms with Gasteiger partial charge in [0.25, 0.3) is 11.5 Å². The predicted octanol–water partition coefficient (Wildman–Crippen LogP) is 5.00. The SMILES string of the molecule is CC/C(C)=C(/C=C(\C(=O)NC)c1ccc2c(c1)CCCC2)Oc1c(Cl)cc(-n2ncc(=O)[nH]c2=O)cc1Cl. The van der Waals surface area contributed by atoms with Gasteiger partial charge in [-0.25, -0.2) is 4.79 Å². The van der Waals surface area contributed by atoms with E-state index in [0.29, 0.717) is 17.8 Å². The number of carbonyl (C=O) groups is 1. The van der Waals surface area contributed by atoms with Crippen molar-refractivity contribution in [2.45, 2.75) is 46.0 Å². The number of nitrogens with one attached hydrogen (secondary N) is 2. The molecular formula is C28H28Cl2N4O4. The van der Waals surface area contributed by atoms with Crippen LogP contribution in [0.1, 0.15) is 49.8 Å². The summed E-state index contributed by atoms with van der Waals surface area (Å²) in [6.07, 6.45) is 7.68. The van der Waals surface area contributed by atoms with Crippen LogP contribution < -0.4 is 21.3 Å². The van der Waals surface area contributed by atoms with E-state index in [1.165, 1.54) is 29.7 Å². The number of aromatic nitrogens is 3. The quantitative estimate of drug-likeness (QED) is 0.243. The topological polar surface area (TPSA) is 106 Å². The number of benzene rings is 2. The zero-order chi connectivity index (χ0) is 27.4. The number of allylic oxidation sites excluding steroid dienone is 2. The largest absolute Gasteiger partial charge is 0.454 e. The number of hydrogen-bond donors (Lipinski definition) is 2. The van der Waals surface area contributed by atoms with E-state index in [0.717, 1.165) is 41.3 Å². The summed E-state index contributed by atoms with van der Waals surface area (Å²) in [5, 5.41) is 6.80. The molecule has 0 saturated heterocycles. The molecule has 0 fully saturated rings. The lowest BCUT2D eigenvalue weighted by Crippen LogP contribution is -2.30. The first kappa shape index (κ1) is 27.4. The molecule has 8 nitrogen and oxygen atoms in total. The van der Waals surface area contributed by atoms with Crippen molar-refractivity contribution in [3.05, 3.63) is 102 Å². The van der Waals surface area contributed by atoms with E-state index in [-0.39, 0.29) is 27.4 Å². The molecular weight excluding hydrogens is 527 g/mol. The molecule has 0 bridgehead atoms. The normalized spacial score (nSPS) is 14.0. The van der Waals surface area contributed by atoms with E-state index in [1.807, 2.05) is 19.9 Å². The number of aryl methyl sites for hydroxylation is 2. The molecule has 0 spiro atoms. The Morgan fingerprint density at radius 2 is 1.82 bits per heavy atom. The maximum Gasteiger partial charge on any atom is 0.349 e. The van der Waals surface area contributed by atoms with Crippen molar-refractivity contribution < 1.29 is 9.53 Å². The third-order valence-corrected chi connectivity index (χ3v) is 7.07. The van der Waals surface area contributed by atoms with Gasteiger partial charge in [-0.15, -0.1) is 0 Å². The van der Waals surface area contributed by atoms with Crippen LogP contribution >= 0.6 is 23.2 Å². The van der Waals surface area contributed by atoms with Gasteiger partial charge in [-0.3, -0.25) is 14.6 Å². The van der Waals surface area contributed by atoms with Gasteiger partial charge >= 0.3 is 5.69 Å². The molecule has 0 saturated carbocycles. The molecule has 0 aliphatic heterocycles. The van der Waals surface area contributed by atoms with Crippen LogP contribution in [0, 0.1) is 0 Å². The van der Waals surface area contributed by atoms with Gasteiger partial charge in [-0.1, -0.05) is 48.3 Å². The van der Waals surface area contributed by atoms with Crippen molar-refractivity contribution in [1.29, 1.82) is 0 Å². The van der Waals surface area contributed by atoms with Gasteiger partial charge in [-0.05, 0) is 79.5 Å². The number of rotatable bonds is 7. The fraction of sp³-hybridized carbons (Fsp3) is 0.286. The zero-order valence-corrected chi connectivity index (χ0v) is 22.9.